The van der Waals surface area contributed by atoms with Crippen LogP contribution in [0, 0.1) is 0 Å². The van der Waals surface area contributed by atoms with Crippen molar-refractivity contribution in [2.24, 2.45) is 7.05 Å². The average Bonchev–Trinajstić information content (AvgIpc) is 2.77. The maximum absolute atomic E-state index is 13.1. The van der Waals surface area contributed by atoms with Crippen LogP contribution in [0.5, 0.6) is 0 Å². The van der Waals surface area contributed by atoms with Gasteiger partial charge in [0.25, 0.3) is 11.5 Å². The van der Waals surface area contributed by atoms with Crippen LogP contribution in [0.4, 0.5) is 4.79 Å². The van der Waals surface area contributed by atoms with E-state index in [1.807, 2.05) is 24.3 Å². The maximum Gasteiger partial charge on any atom is 0.315 e. The molecule has 160 valence electrons. The molecular formula is C23H30N4O3. The highest BCUT2D eigenvalue weighted by Crippen LogP contribution is 2.21. The maximum atomic E-state index is 13.1. The molecule has 0 spiro atoms. The van der Waals surface area contributed by atoms with Crippen LogP contribution in [-0.4, -0.2) is 46.6 Å². The molecule has 7 nitrogen and oxygen atoms in total. The number of piperidine rings is 1. The van der Waals surface area contributed by atoms with Crippen LogP contribution < -0.4 is 16.2 Å². The summed E-state index contributed by atoms with van der Waals surface area (Å²) in [6, 6.07) is 9.18. The van der Waals surface area contributed by atoms with Crippen molar-refractivity contribution in [2.75, 3.05) is 13.1 Å². The predicted octanol–water partition coefficient (Wildman–Crippen LogP) is 2.78. The fourth-order valence-corrected chi connectivity index (χ4v) is 4.64. The second kappa shape index (κ2) is 8.90. The van der Waals surface area contributed by atoms with Gasteiger partial charge < -0.3 is 20.1 Å². The number of benzene rings is 1. The van der Waals surface area contributed by atoms with Gasteiger partial charge in [-0.25, -0.2) is 4.79 Å². The number of carbonyl (C=O) groups is 2. The third-order valence-corrected chi connectivity index (χ3v) is 6.44. The van der Waals surface area contributed by atoms with Gasteiger partial charge in [0.2, 0.25) is 0 Å². The van der Waals surface area contributed by atoms with E-state index in [0.717, 1.165) is 23.7 Å². The van der Waals surface area contributed by atoms with Crippen molar-refractivity contribution in [3.8, 4) is 0 Å². The topological polar surface area (TPSA) is 83.4 Å². The van der Waals surface area contributed by atoms with Crippen molar-refractivity contribution >= 4 is 22.8 Å². The Balaban J connectivity index is 1.37. The molecule has 2 N–H and O–H groups in total. The lowest BCUT2D eigenvalue weighted by atomic mass is 9.96. The normalized spacial score (nSPS) is 18.4. The van der Waals surface area contributed by atoms with Crippen molar-refractivity contribution in [2.45, 2.75) is 57.0 Å². The van der Waals surface area contributed by atoms with Gasteiger partial charge in [-0.2, -0.15) is 0 Å². The number of hydrogen-bond donors (Lipinski definition) is 2. The van der Waals surface area contributed by atoms with Crippen molar-refractivity contribution in [1.82, 2.24) is 20.1 Å². The standard InChI is InChI=1S/C23H30N4O3/c1-26-20-10-6-5-9-18(20)19(15-21(26)28)22(29)27-13-11-17(12-14-27)25-23(30)24-16-7-3-2-4-8-16/h5-6,9-10,15-17H,2-4,7-8,11-14H2,1H3,(H2,24,25,30). The van der Waals surface area contributed by atoms with Crippen molar-refractivity contribution < 1.29 is 9.59 Å². The first-order chi connectivity index (χ1) is 14.5. The molecule has 30 heavy (non-hydrogen) atoms. The highest BCUT2D eigenvalue weighted by atomic mass is 16.2. The van der Waals surface area contributed by atoms with Gasteiger partial charge in [0.05, 0.1) is 11.1 Å². The van der Waals surface area contributed by atoms with E-state index in [9.17, 15) is 14.4 Å². The molecule has 2 aromatic rings. The highest BCUT2D eigenvalue weighted by Gasteiger charge is 2.26. The second-order valence-electron chi connectivity index (χ2n) is 8.49. The molecule has 0 bridgehead atoms. The van der Waals surface area contributed by atoms with E-state index >= 15 is 0 Å². The Morgan fingerprint density at radius 3 is 2.27 bits per heavy atom. The summed E-state index contributed by atoms with van der Waals surface area (Å²) in [7, 11) is 1.72. The minimum Gasteiger partial charge on any atom is -0.338 e. The molecule has 1 saturated carbocycles. The zero-order chi connectivity index (χ0) is 21.1. The first kappa shape index (κ1) is 20.4. The molecule has 1 aliphatic heterocycles. The predicted molar refractivity (Wildman–Crippen MR) is 117 cm³/mol. The number of carbonyl (C=O) groups excluding carboxylic acids is 2. The largest absolute Gasteiger partial charge is 0.338 e. The summed E-state index contributed by atoms with van der Waals surface area (Å²) in [4.78, 5) is 39.5. The van der Waals surface area contributed by atoms with Crippen LogP contribution in [0.2, 0.25) is 0 Å². The van der Waals surface area contributed by atoms with E-state index < -0.39 is 0 Å². The van der Waals surface area contributed by atoms with Crippen LogP contribution >= 0.6 is 0 Å². The number of aromatic nitrogens is 1. The first-order valence-corrected chi connectivity index (χ1v) is 11.0. The Kier molecular flexibility index (Phi) is 6.06. The molecule has 2 fully saturated rings. The van der Waals surface area contributed by atoms with Crippen LogP contribution in [0.1, 0.15) is 55.3 Å². The molecule has 1 saturated heterocycles. The minimum absolute atomic E-state index is 0.0676. The van der Waals surface area contributed by atoms with Crippen LogP contribution in [-0.2, 0) is 7.05 Å². The lowest BCUT2D eigenvalue weighted by Gasteiger charge is -2.33. The number of pyridine rings is 1. The van der Waals surface area contributed by atoms with E-state index in [-0.39, 0.29) is 29.6 Å². The number of aryl methyl sites for hydroxylation is 1. The second-order valence-corrected chi connectivity index (χ2v) is 8.49. The van der Waals surface area contributed by atoms with Gasteiger partial charge in [0.15, 0.2) is 0 Å². The zero-order valence-electron chi connectivity index (χ0n) is 17.5. The molecule has 2 aliphatic rings. The molecule has 4 rings (SSSR count). The fraction of sp³-hybridized carbons (Fsp3) is 0.522. The molecular weight excluding hydrogens is 380 g/mol. The minimum atomic E-state index is -0.187. The van der Waals surface area contributed by atoms with Gasteiger partial charge in [-0.15, -0.1) is 0 Å². The number of likely N-dealkylation sites (tertiary alicyclic amines) is 1. The molecule has 0 radical (unpaired) electrons. The summed E-state index contributed by atoms with van der Waals surface area (Å²) in [6.45, 7) is 1.13. The molecule has 1 aromatic heterocycles. The van der Waals surface area contributed by atoms with Gasteiger partial charge in [0.1, 0.15) is 0 Å². The van der Waals surface area contributed by atoms with Gasteiger partial charge in [0, 0.05) is 43.7 Å². The first-order valence-electron chi connectivity index (χ1n) is 11.0. The molecule has 1 aromatic carbocycles. The third kappa shape index (κ3) is 4.35. The Bertz CT molecular complexity index is 986. The number of nitrogens with zero attached hydrogens (tertiary/aromatic N) is 2. The lowest BCUT2D eigenvalue weighted by Crippen LogP contribution is -2.51. The van der Waals surface area contributed by atoms with E-state index in [1.54, 1.807) is 16.5 Å². The summed E-state index contributed by atoms with van der Waals surface area (Å²) >= 11 is 0. The van der Waals surface area contributed by atoms with Gasteiger partial charge in [-0.3, -0.25) is 9.59 Å². The Morgan fingerprint density at radius 1 is 0.933 bits per heavy atom. The SMILES string of the molecule is Cn1c(=O)cc(C(=O)N2CCC(NC(=O)NC3CCCCC3)CC2)c2ccccc21. The van der Waals surface area contributed by atoms with E-state index in [4.69, 9.17) is 0 Å². The fourth-order valence-electron chi connectivity index (χ4n) is 4.64. The van der Waals surface area contributed by atoms with Crippen LogP contribution in [0.3, 0.4) is 0 Å². The number of urea groups is 1. The highest BCUT2D eigenvalue weighted by molar-refractivity contribution is 6.06. The van der Waals surface area contributed by atoms with Crippen molar-refractivity contribution in [3.05, 3.63) is 46.2 Å². The Morgan fingerprint density at radius 2 is 1.57 bits per heavy atom. The molecule has 7 heteroatoms. The Labute approximate surface area is 176 Å². The number of para-hydroxylation sites is 1. The van der Waals surface area contributed by atoms with Crippen LogP contribution in [0.25, 0.3) is 10.9 Å². The third-order valence-electron chi connectivity index (χ3n) is 6.44. The number of hydrogen-bond acceptors (Lipinski definition) is 3. The summed E-state index contributed by atoms with van der Waals surface area (Å²) < 4.78 is 1.56. The summed E-state index contributed by atoms with van der Waals surface area (Å²) in [5, 5.41) is 6.95. The molecule has 2 heterocycles. The van der Waals surface area contributed by atoms with Gasteiger partial charge >= 0.3 is 6.03 Å². The molecule has 0 atom stereocenters. The van der Waals surface area contributed by atoms with Gasteiger partial charge in [-0.1, -0.05) is 37.5 Å². The van der Waals surface area contributed by atoms with Crippen molar-refractivity contribution in [1.29, 1.82) is 0 Å². The molecule has 0 unspecified atom stereocenters. The summed E-state index contributed by atoms with van der Waals surface area (Å²) in [5.74, 6) is -0.117. The van der Waals surface area contributed by atoms with Crippen molar-refractivity contribution in [3.63, 3.8) is 0 Å². The van der Waals surface area contributed by atoms with E-state index in [1.165, 1.54) is 25.3 Å². The average molecular weight is 411 g/mol. The van der Waals surface area contributed by atoms with E-state index in [2.05, 4.69) is 10.6 Å². The van der Waals surface area contributed by atoms with Crippen LogP contribution in [0.15, 0.2) is 35.1 Å². The molecule has 1 aliphatic carbocycles. The monoisotopic (exact) mass is 410 g/mol. The summed E-state index contributed by atoms with van der Waals surface area (Å²) in [6.07, 6.45) is 7.18. The zero-order valence-corrected chi connectivity index (χ0v) is 17.5. The Hall–Kier alpha value is -2.83. The number of amides is 3. The number of fused-ring (bicyclic) bond motifs is 1. The number of rotatable bonds is 3. The van der Waals surface area contributed by atoms with Gasteiger partial charge in [-0.05, 0) is 31.7 Å². The quantitative estimate of drug-likeness (QED) is 0.816. The van der Waals surface area contributed by atoms with E-state index in [0.29, 0.717) is 31.5 Å². The molecule has 3 amide bonds. The summed E-state index contributed by atoms with van der Waals surface area (Å²) in [5.41, 5.74) is 1.02. The lowest BCUT2D eigenvalue weighted by molar-refractivity contribution is 0.0710. The smallest absolute Gasteiger partial charge is 0.315 e. The number of nitrogens with one attached hydrogen (secondary N) is 2.